The smallest absolute Gasteiger partial charge is 0.207 e. The molecule has 0 spiro atoms. The van der Waals surface area contributed by atoms with Crippen LogP contribution in [0.25, 0.3) is 0 Å². The average molecular weight is 142 g/mol. The largest absolute Gasteiger partial charge is 0.355 e. The average Bonchev–Trinajstić information content (AvgIpc) is 1.88. The molecule has 58 valence electrons. The predicted octanol–water partition coefficient (Wildman–Crippen LogP) is -0.173. The van der Waals surface area contributed by atoms with Crippen molar-refractivity contribution >= 4 is 6.41 Å². The molecule has 10 heavy (non-hydrogen) atoms. The van der Waals surface area contributed by atoms with Gasteiger partial charge in [0.2, 0.25) is 6.41 Å². The van der Waals surface area contributed by atoms with Crippen LogP contribution in [0.15, 0.2) is 0 Å². The van der Waals surface area contributed by atoms with Crippen LogP contribution in [-0.2, 0) is 4.79 Å². The number of nitrogens with zero attached hydrogens (tertiary/aromatic N) is 1. The molecular weight excluding hydrogens is 128 g/mol. The number of hydrogen-bond acceptors (Lipinski definition) is 2. The molecule has 1 atom stereocenters. The van der Waals surface area contributed by atoms with Crippen LogP contribution >= 0.6 is 0 Å². The summed E-state index contributed by atoms with van der Waals surface area (Å²) in [5.74, 6) is 0. The van der Waals surface area contributed by atoms with Crippen molar-refractivity contribution in [1.82, 2.24) is 10.2 Å². The number of nitrogens with one attached hydrogen (secondary N) is 1. The number of hydrogen-bond donors (Lipinski definition) is 1. The highest BCUT2D eigenvalue weighted by Crippen LogP contribution is 2.06. The molecule has 1 aliphatic rings. The van der Waals surface area contributed by atoms with Gasteiger partial charge in [-0.25, -0.2) is 0 Å². The van der Waals surface area contributed by atoms with Gasteiger partial charge in [-0.3, -0.25) is 4.79 Å². The van der Waals surface area contributed by atoms with Gasteiger partial charge in [0.25, 0.3) is 0 Å². The van der Waals surface area contributed by atoms with Crippen LogP contribution < -0.4 is 5.32 Å². The van der Waals surface area contributed by atoms with E-state index in [9.17, 15) is 4.79 Å². The molecule has 1 saturated heterocycles. The first-order valence-corrected chi connectivity index (χ1v) is 3.71. The molecule has 1 rings (SSSR count). The van der Waals surface area contributed by atoms with Gasteiger partial charge in [-0.05, 0) is 26.4 Å². The molecule has 0 aromatic rings. The van der Waals surface area contributed by atoms with Gasteiger partial charge in [0.05, 0.1) is 0 Å². The number of likely N-dealkylation sites (N-methyl/N-ethyl adjacent to an activating group) is 1. The first kappa shape index (κ1) is 7.54. The van der Waals surface area contributed by atoms with Crippen molar-refractivity contribution in [3.05, 3.63) is 0 Å². The molecule has 0 bridgehead atoms. The zero-order chi connectivity index (χ0) is 7.40. The molecule has 0 aromatic carbocycles. The Labute approximate surface area is 61.4 Å². The minimum absolute atomic E-state index is 0.385. The molecule has 1 heterocycles. The highest BCUT2D eigenvalue weighted by atomic mass is 16.1. The Balaban J connectivity index is 2.24. The second-order valence-corrected chi connectivity index (χ2v) is 2.89. The highest BCUT2D eigenvalue weighted by Gasteiger charge is 2.15. The number of carbonyl (C=O) groups excluding carboxylic acids is 1. The zero-order valence-electron chi connectivity index (χ0n) is 6.34. The fraction of sp³-hybridized carbons (Fsp3) is 0.857. The van der Waals surface area contributed by atoms with Crippen LogP contribution in [0.2, 0.25) is 0 Å². The molecule has 3 heteroatoms. The maximum Gasteiger partial charge on any atom is 0.207 e. The van der Waals surface area contributed by atoms with Gasteiger partial charge in [0, 0.05) is 12.6 Å². The summed E-state index contributed by atoms with van der Waals surface area (Å²) in [4.78, 5) is 12.3. The van der Waals surface area contributed by atoms with Crippen LogP contribution in [0.1, 0.15) is 12.8 Å². The molecule has 1 aliphatic heterocycles. The van der Waals surface area contributed by atoms with Crippen LogP contribution in [0.5, 0.6) is 0 Å². The number of rotatable bonds is 2. The Kier molecular flexibility index (Phi) is 2.68. The standard InChI is InChI=1S/C7H14N2O/c1-9-4-2-3-7(5-9)8-6-10/h6-7H,2-5H2,1H3,(H,8,10). The van der Waals surface area contributed by atoms with Crippen molar-refractivity contribution < 1.29 is 4.79 Å². The van der Waals surface area contributed by atoms with Crippen molar-refractivity contribution in [3.63, 3.8) is 0 Å². The lowest BCUT2D eigenvalue weighted by Crippen LogP contribution is -2.43. The summed E-state index contributed by atoms with van der Waals surface area (Å²) in [6, 6.07) is 0.385. The summed E-state index contributed by atoms with van der Waals surface area (Å²) in [5, 5.41) is 2.79. The Morgan fingerprint density at radius 1 is 1.70 bits per heavy atom. The normalized spacial score (nSPS) is 27.9. The van der Waals surface area contributed by atoms with Crippen molar-refractivity contribution in [2.45, 2.75) is 18.9 Å². The van der Waals surface area contributed by atoms with E-state index in [1.807, 2.05) is 0 Å². The van der Waals surface area contributed by atoms with Gasteiger partial charge in [-0.1, -0.05) is 0 Å². The molecule has 0 aromatic heterocycles. The Morgan fingerprint density at radius 3 is 3.10 bits per heavy atom. The van der Waals surface area contributed by atoms with E-state index in [4.69, 9.17) is 0 Å². The number of carbonyl (C=O) groups is 1. The molecule has 1 unspecified atom stereocenters. The molecule has 1 N–H and O–H groups in total. The maximum absolute atomic E-state index is 10.1. The van der Waals surface area contributed by atoms with Gasteiger partial charge in [-0.15, -0.1) is 0 Å². The van der Waals surface area contributed by atoms with Crippen LogP contribution in [0.3, 0.4) is 0 Å². The summed E-state index contributed by atoms with van der Waals surface area (Å²) < 4.78 is 0. The van der Waals surface area contributed by atoms with E-state index in [0.29, 0.717) is 6.04 Å². The molecule has 0 saturated carbocycles. The number of amides is 1. The first-order chi connectivity index (χ1) is 4.83. The first-order valence-electron chi connectivity index (χ1n) is 3.71. The minimum atomic E-state index is 0.385. The molecular formula is C7H14N2O. The van der Waals surface area contributed by atoms with E-state index in [2.05, 4.69) is 17.3 Å². The third kappa shape index (κ3) is 1.99. The van der Waals surface area contributed by atoms with Gasteiger partial charge in [0.1, 0.15) is 0 Å². The lowest BCUT2D eigenvalue weighted by atomic mass is 10.1. The molecule has 0 radical (unpaired) electrons. The van der Waals surface area contributed by atoms with E-state index in [1.54, 1.807) is 0 Å². The number of piperidine rings is 1. The van der Waals surface area contributed by atoms with Gasteiger partial charge < -0.3 is 10.2 Å². The summed E-state index contributed by atoms with van der Waals surface area (Å²) in [6.45, 7) is 2.16. The SMILES string of the molecule is CN1CCCC(NC=O)C1. The third-order valence-electron chi connectivity index (χ3n) is 1.93. The monoisotopic (exact) mass is 142 g/mol. The molecule has 3 nitrogen and oxygen atoms in total. The van der Waals surface area contributed by atoms with E-state index < -0.39 is 0 Å². The lowest BCUT2D eigenvalue weighted by Gasteiger charge is -2.28. The lowest BCUT2D eigenvalue weighted by molar-refractivity contribution is -0.110. The van der Waals surface area contributed by atoms with Gasteiger partial charge in [0.15, 0.2) is 0 Å². The van der Waals surface area contributed by atoms with Crippen LogP contribution in [0.4, 0.5) is 0 Å². The third-order valence-corrected chi connectivity index (χ3v) is 1.93. The quantitative estimate of drug-likeness (QED) is 0.543. The Bertz CT molecular complexity index is 116. The predicted molar refractivity (Wildman–Crippen MR) is 39.7 cm³/mol. The van der Waals surface area contributed by atoms with Crippen LogP contribution in [0, 0.1) is 0 Å². The summed E-state index contributed by atoms with van der Waals surface area (Å²) in [7, 11) is 2.08. The Morgan fingerprint density at radius 2 is 2.50 bits per heavy atom. The van der Waals surface area contributed by atoms with Crippen molar-refractivity contribution in [1.29, 1.82) is 0 Å². The number of likely N-dealkylation sites (tertiary alicyclic amines) is 1. The van der Waals surface area contributed by atoms with E-state index >= 15 is 0 Å². The second-order valence-electron chi connectivity index (χ2n) is 2.89. The van der Waals surface area contributed by atoms with Gasteiger partial charge in [-0.2, -0.15) is 0 Å². The summed E-state index contributed by atoms with van der Waals surface area (Å²) >= 11 is 0. The Hall–Kier alpha value is -0.570. The molecule has 1 fully saturated rings. The molecule has 0 aliphatic carbocycles. The fourth-order valence-electron chi connectivity index (χ4n) is 1.40. The fourth-order valence-corrected chi connectivity index (χ4v) is 1.40. The summed E-state index contributed by atoms with van der Waals surface area (Å²) in [5.41, 5.74) is 0. The summed E-state index contributed by atoms with van der Waals surface area (Å²) in [6.07, 6.45) is 3.12. The second kappa shape index (κ2) is 3.56. The highest BCUT2D eigenvalue weighted by molar-refractivity contribution is 5.46. The van der Waals surface area contributed by atoms with Gasteiger partial charge >= 0.3 is 0 Å². The maximum atomic E-state index is 10.1. The van der Waals surface area contributed by atoms with E-state index in [-0.39, 0.29) is 0 Å². The van der Waals surface area contributed by atoms with Crippen molar-refractivity contribution in [2.24, 2.45) is 0 Å². The van der Waals surface area contributed by atoms with E-state index in [1.165, 1.54) is 6.42 Å². The topological polar surface area (TPSA) is 32.3 Å². The molecule has 1 amide bonds. The minimum Gasteiger partial charge on any atom is -0.355 e. The van der Waals surface area contributed by atoms with E-state index in [0.717, 1.165) is 25.9 Å². The van der Waals surface area contributed by atoms with Crippen molar-refractivity contribution in [3.8, 4) is 0 Å². The zero-order valence-corrected chi connectivity index (χ0v) is 6.34. The van der Waals surface area contributed by atoms with Crippen LogP contribution in [-0.4, -0.2) is 37.5 Å². The van der Waals surface area contributed by atoms with Crippen molar-refractivity contribution in [2.75, 3.05) is 20.1 Å².